The molecule has 1 radical (unpaired) electrons. The standard InChI is InChI=1S/C12H12N/c1-8-10-4-2-3-5-11(10)13-12(8)9-6-7-9/h2-5,9H,6-7H2,1H3. The highest BCUT2D eigenvalue weighted by Crippen LogP contribution is 2.45. The van der Waals surface area contributed by atoms with Gasteiger partial charge in [-0.2, -0.15) is 0 Å². The molecular formula is C12H12N. The average molecular weight is 170 g/mol. The van der Waals surface area contributed by atoms with Crippen molar-refractivity contribution in [2.75, 3.05) is 0 Å². The highest BCUT2D eigenvalue weighted by Gasteiger charge is 2.32. The highest BCUT2D eigenvalue weighted by atomic mass is 14.9. The number of allylic oxidation sites excluding steroid dienone is 2. The molecule has 1 heterocycles. The van der Waals surface area contributed by atoms with E-state index in [2.05, 4.69) is 36.5 Å². The summed E-state index contributed by atoms with van der Waals surface area (Å²) in [7, 11) is 0. The molecule has 1 aliphatic carbocycles. The first-order valence-corrected chi connectivity index (χ1v) is 4.88. The summed E-state index contributed by atoms with van der Waals surface area (Å²) in [5.74, 6) is 0.771. The van der Waals surface area contributed by atoms with E-state index >= 15 is 0 Å². The van der Waals surface area contributed by atoms with Crippen molar-refractivity contribution in [3.05, 3.63) is 35.5 Å². The van der Waals surface area contributed by atoms with Gasteiger partial charge in [-0.3, -0.25) is 5.32 Å². The van der Waals surface area contributed by atoms with Crippen molar-refractivity contribution in [3.63, 3.8) is 0 Å². The zero-order valence-electron chi connectivity index (χ0n) is 7.75. The zero-order valence-corrected chi connectivity index (χ0v) is 7.75. The lowest BCUT2D eigenvalue weighted by Gasteiger charge is -1.98. The van der Waals surface area contributed by atoms with Crippen LogP contribution in [0.4, 0.5) is 5.69 Å². The van der Waals surface area contributed by atoms with E-state index in [1.54, 1.807) is 0 Å². The summed E-state index contributed by atoms with van der Waals surface area (Å²) in [6.07, 6.45) is 2.67. The molecule has 1 aromatic carbocycles. The fourth-order valence-corrected chi connectivity index (χ4v) is 1.99. The molecule has 2 aliphatic rings. The summed E-state index contributed by atoms with van der Waals surface area (Å²) in [5, 5.41) is 4.67. The second-order valence-electron chi connectivity index (χ2n) is 3.91. The second-order valence-corrected chi connectivity index (χ2v) is 3.91. The van der Waals surface area contributed by atoms with Gasteiger partial charge in [-0.1, -0.05) is 18.2 Å². The maximum Gasteiger partial charge on any atom is 0.0708 e. The van der Waals surface area contributed by atoms with Crippen molar-refractivity contribution in [2.45, 2.75) is 19.8 Å². The van der Waals surface area contributed by atoms with Crippen LogP contribution >= 0.6 is 0 Å². The van der Waals surface area contributed by atoms with Gasteiger partial charge in [0.25, 0.3) is 0 Å². The van der Waals surface area contributed by atoms with Gasteiger partial charge < -0.3 is 0 Å². The molecule has 0 unspecified atom stereocenters. The van der Waals surface area contributed by atoms with Gasteiger partial charge in [0.1, 0.15) is 0 Å². The number of fused-ring (bicyclic) bond motifs is 1. The molecule has 0 amide bonds. The first kappa shape index (κ1) is 7.19. The maximum atomic E-state index is 4.67. The van der Waals surface area contributed by atoms with Crippen molar-refractivity contribution in [3.8, 4) is 0 Å². The predicted molar refractivity (Wildman–Crippen MR) is 53.6 cm³/mol. The first-order chi connectivity index (χ1) is 6.36. The SMILES string of the molecule is CC1=C(C2CC2)[N]c2ccccc21. The second kappa shape index (κ2) is 2.38. The van der Waals surface area contributed by atoms with Crippen LogP contribution in [-0.4, -0.2) is 0 Å². The molecule has 1 saturated carbocycles. The van der Waals surface area contributed by atoms with Crippen LogP contribution < -0.4 is 5.32 Å². The highest BCUT2D eigenvalue weighted by molar-refractivity contribution is 5.81. The van der Waals surface area contributed by atoms with E-state index in [-0.39, 0.29) is 0 Å². The van der Waals surface area contributed by atoms with E-state index in [1.165, 1.54) is 35.4 Å². The van der Waals surface area contributed by atoms with Gasteiger partial charge in [0.15, 0.2) is 0 Å². The lowest BCUT2D eigenvalue weighted by atomic mass is 10.1. The molecule has 0 spiro atoms. The Hall–Kier alpha value is -1.24. The van der Waals surface area contributed by atoms with Crippen LogP contribution in [0.5, 0.6) is 0 Å². The van der Waals surface area contributed by atoms with Gasteiger partial charge in [-0.15, -0.1) is 0 Å². The van der Waals surface area contributed by atoms with E-state index in [1.807, 2.05) is 0 Å². The first-order valence-electron chi connectivity index (χ1n) is 4.88. The third-order valence-corrected chi connectivity index (χ3v) is 2.90. The van der Waals surface area contributed by atoms with E-state index in [0.29, 0.717) is 0 Å². The van der Waals surface area contributed by atoms with Crippen molar-refractivity contribution in [2.24, 2.45) is 5.92 Å². The summed E-state index contributed by atoms with van der Waals surface area (Å²) in [5.41, 5.74) is 5.26. The van der Waals surface area contributed by atoms with Crippen LogP contribution in [0.1, 0.15) is 25.3 Å². The summed E-state index contributed by atoms with van der Waals surface area (Å²) >= 11 is 0. The fourth-order valence-electron chi connectivity index (χ4n) is 1.99. The van der Waals surface area contributed by atoms with Gasteiger partial charge in [-0.25, -0.2) is 0 Å². The maximum absolute atomic E-state index is 4.67. The molecule has 1 heteroatoms. The molecule has 1 aliphatic heterocycles. The van der Waals surface area contributed by atoms with E-state index in [4.69, 9.17) is 0 Å². The molecule has 0 bridgehead atoms. The van der Waals surface area contributed by atoms with Gasteiger partial charge >= 0.3 is 0 Å². The Labute approximate surface area is 78.5 Å². The van der Waals surface area contributed by atoms with Crippen LogP contribution in [0.25, 0.3) is 5.57 Å². The minimum Gasteiger partial charge on any atom is -0.252 e. The molecule has 1 nitrogen and oxygen atoms in total. The fraction of sp³-hybridized carbons (Fsp3) is 0.333. The van der Waals surface area contributed by atoms with Gasteiger partial charge in [-0.05, 0) is 31.4 Å². The molecule has 0 atom stereocenters. The number of benzene rings is 1. The largest absolute Gasteiger partial charge is 0.252 e. The number of para-hydroxylation sites is 1. The van der Waals surface area contributed by atoms with E-state index < -0.39 is 0 Å². The Morgan fingerprint density at radius 2 is 2.00 bits per heavy atom. The van der Waals surface area contributed by atoms with Crippen LogP contribution in [-0.2, 0) is 0 Å². The average Bonchev–Trinajstić information content (AvgIpc) is 2.94. The van der Waals surface area contributed by atoms with Gasteiger partial charge in [0.2, 0.25) is 0 Å². The van der Waals surface area contributed by atoms with Crippen molar-refractivity contribution in [1.29, 1.82) is 0 Å². The van der Waals surface area contributed by atoms with E-state index in [0.717, 1.165) is 5.92 Å². The smallest absolute Gasteiger partial charge is 0.0708 e. The molecule has 0 saturated heterocycles. The summed E-state index contributed by atoms with van der Waals surface area (Å²) in [4.78, 5) is 0. The summed E-state index contributed by atoms with van der Waals surface area (Å²) in [6.45, 7) is 2.20. The number of rotatable bonds is 1. The van der Waals surface area contributed by atoms with Crippen molar-refractivity contribution < 1.29 is 0 Å². The Morgan fingerprint density at radius 1 is 1.23 bits per heavy atom. The van der Waals surface area contributed by atoms with Crippen LogP contribution in [0.3, 0.4) is 0 Å². The predicted octanol–water partition coefficient (Wildman–Crippen LogP) is 3.08. The molecule has 13 heavy (non-hydrogen) atoms. The normalized spacial score (nSPS) is 20.1. The van der Waals surface area contributed by atoms with Crippen LogP contribution in [0.2, 0.25) is 0 Å². The number of nitrogens with zero attached hydrogens (tertiary/aromatic N) is 1. The number of hydrogen-bond donors (Lipinski definition) is 0. The Kier molecular flexibility index (Phi) is 1.32. The monoisotopic (exact) mass is 170 g/mol. The molecule has 0 aromatic heterocycles. The molecular weight excluding hydrogens is 158 g/mol. The minimum absolute atomic E-state index is 0.771. The Morgan fingerprint density at radius 3 is 2.69 bits per heavy atom. The lowest BCUT2D eigenvalue weighted by Crippen LogP contribution is -1.94. The topological polar surface area (TPSA) is 14.1 Å². The molecule has 3 rings (SSSR count). The Balaban J connectivity index is 2.09. The zero-order chi connectivity index (χ0) is 8.84. The lowest BCUT2D eigenvalue weighted by molar-refractivity contribution is 0.899. The summed E-state index contributed by atoms with van der Waals surface area (Å²) in [6, 6.07) is 8.43. The quantitative estimate of drug-likeness (QED) is 0.615. The third kappa shape index (κ3) is 0.998. The molecule has 1 aromatic rings. The van der Waals surface area contributed by atoms with Crippen LogP contribution in [0.15, 0.2) is 30.0 Å². The molecule has 65 valence electrons. The minimum atomic E-state index is 0.771. The van der Waals surface area contributed by atoms with Gasteiger partial charge in [0, 0.05) is 17.2 Å². The molecule has 1 fully saturated rings. The molecule has 0 N–H and O–H groups in total. The third-order valence-electron chi connectivity index (χ3n) is 2.90. The van der Waals surface area contributed by atoms with E-state index in [9.17, 15) is 0 Å². The Bertz CT molecular complexity index is 386. The van der Waals surface area contributed by atoms with Gasteiger partial charge in [0.05, 0.1) is 5.69 Å². The summed E-state index contributed by atoms with van der Waals surface area (Å²) < 4.78 is 0. The van der Waals surface area contributed by atoms with Crippen molar-refractivity contribution >= 4 is 11.3 Å². The van der Waals surface area contributed by atoms with Crippen LogP contribution in [0, 0.1) is 5.92 Å². The number of hydrogen-bond acceptors (Lipinski definition) is 0. The van der Waals surface area contributed by atoms with Crippen molar-refractivity contribution in [1.82, 2.24) is 5.32 Å².